The molecule has 0 heterocycles. The Kier molecular flexibility index (Phi) is 6.45. The molecule has 0 aromatic rings. The molecule has 3 heteroatoms. The van der Waals surface area contributed by atoms with Crippen molar-refractivity contribution in [1.29, 1.82) is 0 Å². The summed E-state index contributed by atoms with van der Waals surface area (Å²) in [6.45, 7) is 16.9. The summed E-state index contributed by atoms with van der Waals surface area (Å²) < 4.78 is 6.70. The summed E-state index contributed by atoms with van der Waals surface area (Å²) in [5, 5.41) is 0. The Morgan fingerprint density at radius 2 is 1.87 bits per heavy atom. The van der Waals surface area contributed by atoms with Gasteiger partial charge < -0.3 is 4.43 Å². The van der Waals surface area contributed by atoms with E-state index in [1.165, 1.54) is 56.6 Å². The standard InChI is InChI=1S/C28H48O2Si/c1-8-10-15-31(6,7)30-25-18-28(5)21(17-24(25)29)16-19(3)26-22-12-11-20(9-2)27(22,4)14-13-23(26)28/h17,19-20,22-23,25-26H,8-16,18H2,1-7H3/t19-,20-,22-,23-,25?,26-,27+,28-/m0/s1. The summed E-state index contributed by atoms with van der Waals surface area (Å²) in [5.41, 5.74) is 2.18. The minimum atomic E-state index is -1.80. The predicted molar refractivity (Wildman–Crippen MR) is 132 cm³/mol. The average molecular weight is 445 g/mol. The van der Waals surface area contributed by atoms with Crippen LogP contribution in [0.2, 0.25) is 19.1 Å². The second-order valence-corrected chi connectivity index (χ2v) is 17.1. The van der Waals surface area contributed by atoms with E-state index in [2.05, 4.69) is 53.8 Å². The minimum absolute atomic E-state index is 0.163. The van der Waals surface area contributed by atoms with Crippen molar-refractivity contribution in [1.82, 2.24) is 0 Å². The normalized spacial score (nSPS) is 45.0. The molecular weight excluding hydrogens is 396 g/mol. The van der Waals surface area contributed by atoms with Crippen LogP contribution in [0.1, 0.15) is 92.4 Å². The molecule has 0 spiro atoms. The average Bonchev–Trinajstić information content (AvgIpc) is 3.04. The van der Waals surface area contributed by atoms with Crippen LogP contribution in [0.3, 0.4) is 0 Å². The van der Waals surface area contributed by atoms with E-state index in [4.69, 9.17) is 4.43 Å². The molecule has 3 fully saturated rings. The van der Waals surface area contributed by atoms with Gasteiger partial charge in [0.1, 0.15) is 6.10 Å². The Balaban J connectivity index is 1.60. The van der Waals surface area contributed by atoms with Crippen molar-refractivity contribution in [2.24, 2.45) is 40.4 Å². The van der Waals surface area contributed by atoms with Gasteiger partial charge >= 0.3 is 0 Å². The largest absolute Gasteiger partial charge is 0.407 e. The highest BCUT2D eigenvalue weighted by Crippen LogP contribution is 2.68. The van der Waals surface area contributed by atoms with Crippen LogP contribution in [0.4, 0.5) is 0 Å². The van der Waals surface area contributed by atoms with Gasteiger partial charge in [-0.25, -0.2) is 0 Å². The molecule has 31 heavy (non-hydrogen) atoms. The van der Waals surface area contributed by atoms with Gasteiger partial charge in [-0.05, 0) is 104 Å². The van der Waals surface area contributed by atoms with Gasteiger partial charge in [-0.3, -0.25) is 4.79 Å². The number of rotatable bonds is 6. The third kappa shape index (κ3) is 3.94. The Morgan fingerprint density at radius 1 is 1.13 bits per heavy atom. The quantitative estimate of drug-likeness (QED) is 0.391. The zero-order valence-corrected chi connectivity index (χ0v) is 22.4. The molecule has 0 aromatic heterocycles. The fourth-order valence-corrected chi connectivity index (χ4v) is 11.2. The highest BCUT2D eigenvalue weighted by atomic mass is 28.4. The van der Waals surface area contributed by atoms with Crippen LogP contribution in [0, 0.1) is 40.4 Å². The van der Waals surface area contributed by atoms with Crippen molar-refractivity contribution < 1.29 is 9.22 Å². The van der Waals surface area contributed by atoms with Gasteiger partial charge in [-0.1, -0.05) is 59.5 Å². The monoisotopic (exact) mass is 444 g/mol. The third-order valence-electron chi connectivity index (χ3n) is 10.6. The summed E-state index contributed by atoms with van der Waals surface area (Å²) in [5.74, 6) is 4.35. The Labute approximate surface area is 193 Å². The predicted octanol–water partition coefficient (Wildman–Crippen LogP) is 7.79. The number of carbonyl (C=O) groups excluding carboxylic acids is 1. The van der Waals surface area contributed by atoms with Gasteiger partial charge in [-0.15, -0.1) is 0 Å². The molecule has 3 saturated carbocycles. The molecule has 4 aliphatic carbocycles. The van der Waals surface area contributed by atoms with Gasteiger partial charge in [0, 0.05) is 0 Å². The molecule has 4 aliphatic rings. The highest BCUT2D eigenvalue weighted by Gasteiger charge is 2.61. The van der Waals surface area contributed by atoms with Crippen LogP contribution in [-0.4, -0.2) is 20.2 Å². The maximum atomic E-state index is 13.1. The van der Waals surface area contributed by atoms with E-state index < -0.39 is 8.32 Å². The lowest BCUT2D eigenvalue weighted by atomic mass is 9.44. The topological polar surface area (TPSA) is 26.3 Å². The molecule has 4 rings (SSSR count). The number of allylic oxidation sites excluding steroid dienone is 1. The molecule has 0 aromatic carbocycles. The van der Waals surface area contributed by atoms with Crippen molar-refractivity contribution in [3.05, 3.63) is 11.6 Å². The van der Waals surface area contributed by atoms with Crippen LogP contribution in [0.5, 0.6) is 0 Å². The molecule has 0 bridgehead atoms. The number of hydrogen-bond donors (Lipinski definition) is 0. The van der Waals surface area contributed by atoms with E-state index >= 15 is 0 Å². The number of unbranched alkanes of at least 4 members (excludes halogenated alkanes) is 1. The van der Waals surface area contributed by atoms with Crippen molar-refractivity contribution in [2.45, 2.75) is 118 Å². The first kappa shape index (κ1) is 23.7. The van der Waals surface area contributed by atoms with Gasteiger partial charge in [0.05, 0.1) is 0 Å². The van der Waals surface area contributed by atoms with Gasteiger partial charge in [0.25, 0.3) is 0 Å². The molecule has 0 amide bonds. The van der Waals surface area contributed by atoms with E-state index in [-0.39, 0.29) is 17.3 Å². The first-order valence-corrected chi connectivity index (χ1v) is 16.6. The maximum absolute atomic E-state index is 13.1. The second-order valence-electron chi connectivity index (χ2n) is 12.9. The van der Waals surface area contributed by atoms with E-state index in [0.29, 0.717) is 11.3 Å². The zero-order chi connectivity index (χ0) is 22.6. The van der Waals surface area contributed by atoms with Crippen molar-refractivity contribution >= 4 is 14.1 Å². The molecule has 2 nitrogen and oxygen atoms in total. The van der Waals surface area contributed by atoms with Gasteiger partial charge in [0.15, 0.2) is 14.1 Å². The number of ketones is 1. The van der Waals surface area contributed by atoms with E-state index in [1.807, 2.05) is 0 Å². The summed E-state index contributed by atoms with van der Waals surface area (Å²) in [4.78, 5) is 13.1. The minimum Gasteiger partial charge on any atom is -0.407 e. The first-order chi connectivity index (χ1) is 14.6. The van der Waals surface area contributed by atoms with Gasteiger partial charge in [0.2, 0.25) is 0 Å². The van der Waals surface area contributed by atoms with E-state index in [1.54, 1.807) is 0 Å². The Morgan fingerprint density at radius 3 is 2.55 bits per heavy atom. The SMILES string of the molecule is CCCC[Si](C)(C)OC1C[C@@]2(C)C(=CC1=O)C[C@H](C)[C@H]1[C@@H]3CC[C@H](CC)[C@@]3(C)CC[C@@H]12. The summed E-state index contributed by atoms with van der Waals surface area (Å²) in [6.07, 6.45) is 13.3. The molecular formula is C28H48O2Si. The van der Waals surface area contributed by atoms with E-state index in [0.717, 1.165) is 36.5 Å². The number of carbonyl (C=O) groups is 1. The summed E-state index contributed by atoms with van der Waals surface area (Å²) in [7, 11) is -1.80. The molecule has 1 unspecified atom stereocenters. The Bertz CT molecular complexity index is 727. The molecule has 0 saturated heterocycles. The summed E-state index contributed by atoms with van der Waals surface area (Å²) >= 11 is 0. The molecule has 176 valence electrons. The van der Waals surface area contributed by atoms with Crippen molar-refractivity contribution in [3.63, 3.8) is 0 Å². The zero-order valence-electron chi connectivity index (χ0n) is 21.4. The number of hydrogen-bond acceptors (Lipinski definition) is 2. The van der Waals surface area contributed by atoms with Crippen LogP contribution in [0.25, 0.3) is 0 Å². The smallest absolute Gasteiger partial charge is 0.187 e. The molecule has 0 aliphatic heterocycles. The summed E-state index contributed by atoms with van der Waals surface area (Å²) in [6, 6.07) is 1.17. The highest BCUT2D eigenvalue weighted by molar-refractivity contribution is 6.71. The van der Waals surface area contributed by atoms with Crippen LogP contribution >= 0.6 is 0 Å². The maximum Gasteiger partial charge on any atom is 0.187 e. The lowest BCUT2D eigenvalue weighted by molar-refractivity contribution is -0.128. The third-order valence-corrected chi connectivity index (χ3v) is 13.1. The van der Waals surface area contributed by atoms with Crippen LogP contribution in [0.15, 0.2) is 11.6 Å². The van der Waals surface area contributed by atoms with Crippen molar-refractivity contribution in [3.8, 4) is 0 Å². The fourth-order valence-electron chi connectivity index (χ4n) is 8.87. The van der Waals surface area contributed by atoms with Crippen molar-refractivity contribution in [2.75, 3.05) is 0 Å². The van der Waals surface area contributed by atoms with Gasteiger partial charge in [-0.2, -0.15) is 0 Å². The lowest BCUT2D eigenvalue weighted by Gasteiger charge is -2.60. The second kappa shape index (κ2) is 8.42. The van der Waals surface area contributed by atoms with Crippen LogP contribution < -0.4 is 0 Å². The lowest BCUT2D eigenvalue weighted by Crippen LogP contribution is -2.55. The van der Waals surface area contributed by atoms with E-state index in [9.17, 15) is 4.79 Å². The van der Waals surface area contributed by atoms with Crippen LogP contribution in [-0.2, 0) is 9.22 Å². The molecule has 8 atom stereocenters. The fraction of sp³-hybridized carbons (Fsp3) is 0.893. The first-order valence-electron chi connectivity index (χ1n) is 13.5. The molecule has 0 radical (unpaired) electrons. The Hall–Kier alpha value is -0.413. The molecule has 0 N–H and O–H groups in total. The number of fused-ring (bicyclic) bond motifs is 5.